The van der Waals surface area contributed by atoms with Gasteiger partial charge in [-0.15, -0.1) is 0 Å². The highest BCUT2D eigenvalue weighted by Gasteiger charge is 2.44. The summed E-state index contributed by atoms with van der Waals surface area (Å²) in [6.07, 6.45) is 10.1. The second-order valence-corrected chi connectivity index (χ2v) is 8.39. The molecule has 3 aliphatic rings. The van der Waals surface area contributed by atoms with E-state index in [1.807, 2.05) is 12.3 Å². The van der Waals surface area contributed by atoms with Gasteiger partial charge in [0.15, 0.2) is 5.65 Å². The van der Waals surface area contributed by atoms with Gasteiger partial charge in [-0.2, -0.15) is 5.10 Å². The van der Waals surface area contributed by atoms with E-state index in [1.54, 1.807) is 16.8 Å². The van der Waals surface area contributed by atoms with Crippen LogP contribution in [0.1, 0.15) is 59.8 Å². The lowest BCUT2D eigenvalue weighted by Crippen LogP contribution is -2.37. The summed E-state index contributed by atoms with van der Waals surface area (Å²) in [5.74, 6) is 0.340. The second-order valence-electron chi connectivity index (χ2n) is 8.39. The van der Waals surface area contributed by atoms with Crippen LogP contribution in [0.15, 0.2) is 30.7 Å². The predicted octanol–water partition coefficient (Wildman–Crippen LogP) is 2.81. The highest BCUT2D eigenvalue weighted by molar-refractivity contribution is 6.00. The zero-order valence-electron chi connectivity index (χ0n) is 15.9. The number of pyridine rings is 1. The van der Waals surface area contributed by atoms with Crippen molar-refractivity contribution in [1.29, 1.82) is 0 Å². The smallest absolute Gasteiger partial charge is 0.257 e. The summed E-state index contributed by atoms with van der Waals surface area (Å²) in [5, 5.41) is 7.51. The molecule has 1 N–H and O–H groups in total. The third-order valence-electron chi connectivity index (χ3n) is 6.55. The van der Waals surface area contributed by atoms with Gasteiger partial charge >= 0.3 is 0 Å². The first-order valence-electron chi connectivity index (χ1n) is 10.2. The Balaban J connectivity index is 1.54. The SMILES string of the molecule is O=C1NC2(CCc3ncc(F)cc3C3CCCN3c3ccn4ncc1c4n3)CC2. The maximum Gasteiger partial charge on any atom is 0.257 e. The molecule has 1 aliphatic carbocycles. The molecule has 2 fully saturated rings. The molecule has 148 valence electrons. The molecule has 1 unspecified atom stereocenters. The van der Waals surface area contributed by atoms with E-state index in [9.17, 15) is 9.18 Å². The number of nitrogens with zero attached hydrogens (tertiary/aromatic N) is 5. The molecule has 1 amide bonds. The Morgan fingerprint density at radius 3 is 3.00 bits per heavy atom. The van der Waals surface area contributed by atoms with Crippen molar-refractivity contribution in [2.45, 2.75) is 50.1 Å². The Kier molecular flexibility index (Phi) is 3.48. The summed E-state index contributed by atoms with van der Waals surface area (Å²) < 4.78 is 15.8. The number of halogens is 1. The fraction of sp³-hybridized carbons (Fsp3) is 0.429. The molecule has 0 aromatic carbocycles. The molecule has 2 bridgehead atoms. The zero-order valence-corrected chi connectivity index (χ0v) is 15.9. The number of aryl methyl sites for hydroxylation is 1. The standard InChI is InChI=1S/C21H21FN6O/c22-13-10-14-16(23-11-13)3-5-21(6-7-21)26-20(29)15-12-24-28-9-4-18(25-19(15)28)27-8-1-2-17(14)27/h4,9-12,17H,1-3,5-8H2,(H,26,29). The molecule has 29 heavy (non-hydrogen) atoms. The molecule has 5 heterocycles. The van der Waals surface area contributed by atoms with Gasteiger partial charge in [0.2, 0.25) is 0 Å². The van der Waals surface area contributed by atoms with E-state index < -0.39 is 0 Å². The highest BCUT2D eigenvalue weighted by Crippen LogP contribution is 2.42. The molecule has 6 rings (SSSR count). The summed E-state index contributed by atoms with van der Waals surface area (Å²) in [5.41, 5.74) is 2.71. The number of aromatic nitrogens is 4. The summed E-state index contributed by atoms with van der Waals surface area (Å²) in [6, 6.07) is 3.58. The Bertz CT molecular complexity index is 1140. The van der Waals surface area contributed by atoms with Crippen molar-refractivity contribution in [1.82, 2.24) is 24.9 Å². The van der Waals surface area contributed by atoms with E-state index in [0.29, 0.717) is 17.6 Å². The average Bonchev–Trinajstić information content (AvgIpc) is 3.14. The van der Waals surface area contributed by atoms with Gasteiger partial charge in [-0.05, 0) is 56.2 Å². The fourth-order valence-corrected chi connectivity index (χ4v) is 4.78. The molecular weight excluding hydrogens is 371 g/mol. The Morgan fingerprint density at radius 2 is 2.14 bits per heavy atom. The molecular formula is C21H21FN6O. The Hall–Kier alpha value is -3.03. The van der Waals surface area contributed by atoms with Crippen molar-refractivity contribution in [2.75, 3.05) is 11.4 Å². The van der Waals surface area contributed by atoms with Gasteiger partial charge in [0.1, 0.15) is 17.2 Å². The van der Waals surface area contributed by atoms with Gasteiger partial charge in [0.05, 0.1) is 18.4 Å². The lowest BCUT2D eigenvalue weighted by molar-refractivity contribution is 0.0930. The minimum atomic E-state index is -0.309. The van der Waals surface area contributed by atoms with Crippen molar-refractivity contribution in [3.63, 3.8) is 0 Å². The summed E-state index contributed by atoms with van der Waals surface area (Å²) in [4.78, 5) is 24.4. The fourth-order valence-electron chi connectivity index (χ4n) is 4.78. The first-order chi connectivity index (χ1) is 14.1. The minimum Gasteiger partial charge on any atom is -0.349 e. The molecule has 7 nitrogen and oxygen atoms in total. The van der Waals surface area contributed by atoms with Crippen LogP contribution in [0.5, 0.6) is 0 Å². The molecule has 2 aliphatic heterocycles. The number of carbonyl (C=O) groups excluding carboxylic acids is 1. The van der Waals surface area contributed by atoms with E-state index in [1.165, 1.54) is 6.20 Å². The maximum absolute atomic E-state index is 14.1. The summed E-state index contributed by atoms with van der Waals surface area (Å²) in [7, 11) is 0. The van der Waals surface area contributed by atoms with E-state index in [2.05, 4.69) is 20.3 Å². The summed E-state index contributed by atoms with van der Waals surface area (Å²) in [6.45, 7) is 0.837. The topological polar surface area (TPSA) is 75.4 Å². The molecule has 3 aromatic rings. The van der Waals surface area contributed by atoms with Crippen LogP contribution >= 0.6 is 0 Å². The maximum atomic E-state index is 14.1. The van der Waals surface area contributed by atoms with Crippen molar-refractivity contribution in [3.05, 3.63) is 53.4 Å². The van der Waals surface area contributed by atoms with Gasteiger partial charge in [-0.1, -0.05) is 0 Å². The second kappa shape index (κ2) is 5.98. The van der Waals surface area contributed by atoms with Crippen LogP contribution in [-0.2, 0) is 6.42 Å². The van der Waals surface area contributed by atoms with Gasteiger partial charge in [-0.3, -0.25) is 9.78 Å². The first-order valence-corrected chi connectivity index (χ1v) is 10.2. The van der Waals surface area contributed by atoms with E-state index in [-0.39, 0.29) is 23.3 Å². The number of amides is 1. The third kappa shape index (κ3) is 2.69. The Morgan fingerprint density at radius 1 is 1.24 bits per heavy atom. The van der Waals surface area contributed by atoms with E-state index in [0.717, 1.165) is 55.7 Å². The Labute approximate surface area is 167 Å². The normalized spacial score (nSPS) is 22.6. The molecule has 8 heteroatoms. The van der Waals surface area contributed by atoms with Crippen molar-refractivity contribution < 1.29 is 9.18 Å². The molecule has 1 saturated carbocycles. The number of carbonyl (C=O) groups is 1. The number of rotatable bonds is 0. The largest absolute Gasteiger partial charge is 0.349 e. The van der Waals surface area contributed by atoms with Crippen LogP contribution in [0.4, 0.5) is 10.2 Å². The number of hydrogen-bond donors (Lipinski definition) is 1. The lowest BCUT2D eigenvalue weighted by Gasteiger charge is -2.27. The monoisotopic (exact) mass is 392 g/mol. The van der Waals surface area contributed by atoms with Crippen LogP contribution in [-0.4, -0.2) is 37.6 Å². The molecule has 0 radical (unpaired) electrons. The van der Waals surface area contributed by atoms with Crippen molar-refractivity contribution in [3.8, 4) is 0 Å². The molecule has 3 aromatic heterocycles. The number of fused-ring (bicyclic) bond motifs is 5. The third-order valence-corrected chi connectivity index (χ3v) is 6.55. The van der Waals surface area contributed by atoms with Crippen LogP contribution in [0.2, 0.25) is 0 Å². The van der Waals surface area contributed by atoms with E-state index >= 15 is 0 Å². The predicted molar refractivity (Wildman–Crippen MR) is 104 cm³/mol. The zero-order chi connectivity index (χ0) is 19.6. The quantitative estimate of drug-likeness (QED) is 0.637. The first kappa shape index (κ1) is 16.9. The number of nitrogens with one attached hydrogen (secondary N) is 1. The van der Waals surface area contributed by atoms with Crippen molar-refractivity contribution in [2.24, 2.45) is 0 Å². The molecule has 1 saturated heterocycles. The molecule has 1 spiro atoms. The summed E-state index contributed by atoms with van der Waals surface area (Å²) >= 11 is 0. The van der Waals surface area contributed by atoms with Crippen molar-refractivity contribution >= 4 is 17.4 Å². The highest BCUT2D eigenvalue weighted by atomic mass is 19.1. The van der Waals surface area contributed by atoms with Gasteiger partial charge in [0.25, 0.3) is 5.91 Å². The van der Waals surface area contributed by atoms with E-state index in [4.69, 9.17) is 4.98 Å². The van der Waals surface area contributed by atoms with Crippen LogP contribution in [0, 0.1) is 5.82 Å². The van der Waals surface area contributed by atoms with Crippen LogP contribution < -0.4 is 10.2 Å². The number of anilines is 1. The van der Waals surface area contributed by atoms with Crippen LogP contribution in [0.3, 0.4) is 0 Å². The molecule has 1 atom stereocenters. The van der Waals surface area contributed by atoms with Gasteiger partial charge in [-0.25, -0.2) is 13.9 Å². The van der Waals surface area contributed by atoms with Crippen LogP contribution in [0.25, 0.3) is 5.65 Å². The average molecular weight is 392 g/mol. The number of hydrogen-bond acceptors (Lipinski definition) is 5. The van der Waals surface area contributed by atoms with Gasteiger partial charge in [0, 0.05) is 24.0 Å². The van der Waals surface area contributed by atoms with Gasteiger partial charge < -0.3 is 10.2 Å². The minimum absolute atomic E-state index is 0.0362. The lowest BCUT2D eigenvalue weighted by atomic mass is 9.97.